The molecule has 0 unspecified atom stereocenters. The lowest BCUT2D eigenvalue weighted by atomic mass is 9.83. The summed E-state index contributed by atoms with van der Waals surface area (Å²) < 4.78 is 0. The molecule has 12 aromatic carbocycles. The summed E-state index contributed by atoms with van der Waals surface area (Å²) in [5.74, 6) is 0. The molecule has 0 amide bonds. The van der Waals surface area contributed by atoms with Crippen LogP contribution in [0.2, 0.25) is 0 Å². The minimum Gasteiger partial charge on any atom is -0.0622 e. The van der Waals surface area contributed by atoms with E-state index >= 15 is 0 Å². The smallest absolute Gasteiger partial charge is 0.00201 e. The number of hydrogen-bond donors (Lipinski definition) is 0. The molecule has 0 nitrogen and oxygen atoms in total. The molecule has 0 N–H and O–H groups in total. The van der Waals surface area contributed by atoms with Crippen molar-refractivity contribution in [2.75, 3.05) is 0 Å². The van der Waals surface area contributed by atoms with Crippen molar-refractivity contribution in [2.24, 2.45) is 0 Å². The first-order valence-electron chi connectivity index (χ1n) is 21.5. The first-order chi connectivity index (χ1) is 30.8. The van der Waals surface area contributed by atoms with E-state index in [0.717, 1.165) is 0 Å². The van der Waals surface area contributed by atoms with Gasteiger partial charge in [-0.15, -0.1) is 0 Å². The molecule has 0 spiro atoms. The van der Waals surface area contributed by atoms with Crippen molar-refractivity contribution in [2.45, 2.75) is 0 Å². The molecule has 0 heteroatoms. The zero-order chi connectivity index (χ0) is 41.0. The van der Waals surface area contributed by atoms with Crippen LogP contribution in [-0.2, 0) is 0 Å². The summed E-state index contributed by atoms with van der Waals surface area (Å²) in [6.07, 6.45) is 0. The highest BCUT2D eigenvalue weighted by atomic mass is 14.2. The molecule has 62 heavy (non-hydrogen) atoms. The molecule has 0 atom stereocenters. The summed E-state index contributed by atoms with van der Waals surface area (Å²) in [6, 6.07) is 89.3. The highest BCUT2D eigenvalue weighted by Gasteiger charge is 2.21. The predicted molar refractivity (Wildman–Crippen MR) is 267 cm³/mol. The second-order valence-electron chi connectivity index (χ2n) is 16.3. The highest BCUT2D eigenvalue weighted by molar-refractivity contribution is 6.24. The molecule has 0 aromatic heterocycles. The summed E-state index contributed by atoms with van der Waals surface area (Å²) in [5.41, 5.74) is 14.9. The Morgan fingerprint density at radius 1 is 0.161 bits per heavy atom. The van der Waals surface area contributed by atoms with Crippen LogP contribution in [0.4, 0.5) is 0 Å². The fourth-order valence-electron chi connectivity index (χ4n) is 10.2. The fourth-order valence-corrected chi connectivity index (χ4v) is 10.2. The van der Waals surface area contributed by atoms with Crippen LogP contribution in [0.1, 0.15) is 0 Å². The summed E-state index contributed by atoms with van der Waals surface area (Å²) in [7, 11) is 0. The average Bonchev–Trinajstić information content (AvgIpc) is 3.35. The first-order valence-corrected chi connectivity index (χ1v) is 21.5. The van der Waals surface area contributed by atoms with Crippen molar-refractivity contribution >= 4 is 53.9 Å². The molecule has 288 valence electrons. The molecule has 0 bridgehead atoms. The Morgan fingerprint density at radius 3 is 0.774 bits per heavy atom. The molecule has 0 saturated carbocycles. The lowest BCUT2D eigenvalue weighted by Gasteiger charge is -2.20. The molecule has 12 rings (SSSR count). The topological polar surface area (TPSA) is 0 Å². The average molecular weight is 785 g/mol. The van der Waals surface area contributed by atoms with Crippen LogP contribution < -0.4 is 0 Å². The highest BCUT2D eigenvalue weighted by Crippen LogP contribution is 2.48. The molecule has 0 fully saturated rings. The molecular formula is C62H40. The second kappa shape index (κ2) is 14.9. The maximum atomic E-state index is 2.42. The van der Waals surface area contributed by atoms with E-state index in [1.165, 1.54) is 121 Å². The van der Waals surface area contributed by atoms with Crippen molar-refractivity contribution in [3.8, 4) is 66.8 Å². The van der Waals surface area contributed by atoms with Crippen molar-refractivity contribution in [3.63, 3.8) is 0 Å². The number of benzene rings is 12. The third kappa shape index (κ3) is 5.84. The van der Waals surface area contributed by atoms with Gasteiger partial charge in [0.1, 0.15) is 0 Å². The van der Waals surface area contributed by atoms with E-state index in [1.807, 2.05) is 0 Å². The van der Waals surface area contributed by atoms with Gasteiger partial charge in [-0.3, -0.25) is 0 Å². The molecule has 0 aliphatic carbocycles. The third-order valence-electron chi connectivity index (χ3n) is 12.8. The van der Waals surface area contributed by atoms with Crippen LogP contribution in [0, 0.1) is 0 Å². The van der Waals surface area contributed by atoms with Crippen LogP contribution in [0.15, 0.2) is 243 Å². The quantitative estimate of drug-likeness (QED) is 0.147. The summed E-state index contributed by atoms with van der Waals surface area (Å²) in [5, 5.41) is 12.5. The van der Waals surface area contributed by atoms with Gasteiger partial charge in [0.2, 0.25) is 0 Å². The number of fused-ring (bicyclic) bond motifs is 5. The van der Waals surface area contributed by atoms with Gasteiger partial charge in [0.25, 0.3) is 0 Å². The van der Waals surface area contributed by atoms with Gasteiger partial charge in [0.15, 0.2) is 0 Å². The van der Waals surface area contributed by atoms with E-state index in [9.17, 15) is 0 Å². The second-order valence-corrected chi connectivity index (χ2v) is 16.3. The normalized spacial score (nSPS) is 11.5. The molecule has 0 radical (unpaired) electrons. The Labute approximate surface area is 361 Å². The molecule has 0 heterocycles. The Bertz CT molecular complexity index is 3320. The zero-order valence-electron chi connectivity index (χ0n) is 34.1. The molecule has 0 aliphatic rings. The first kappa shape index (κ1) is 35.8. The lowest BCUT2D eigenvalue weighted by Crippen LogP contribution is -1.93. The standard InChI is InChI=1S/C62H40/c1-3-19-42(20-4-1)47-23-7-9-25-49(47)61-55-31-15-11-27-51(55)59(52-28-12-16-32-56(52)61)44-37-35-41-36-38-45(40-46(41)39-44)60-53-29-13-17-33-57(53)62(58-34-18-14-30-54(58)60)50-26-10-8-24-48(50)43-21-5-2-6-22-43/h1-40H. The van der Waals surface area contributed by atoms with Crippen LogP contribution >= 0.6 is 0 Å². The van der Waals surface area contributed by atoms with Crippen molar-refractivity contribution < 1.29 is 0 Å². The van der Waals surface area contributed by atoms with Gasteiger partial charge < -0.3 is 0 Å². The monoisotopic (exact) mass is 784 g/mol. The summed E-state index contributed by atoms with van der Waals surface area (Å²) >= 11 is 0. The van der Waals surface area contributed by atoms with Crippen LogP contribution in [-0.4, -0.2) is 0 Å². The Balaban J connectivity index is 1.07. The maximum absolute atomic E-state index is 2.42. The van der Waals surface area contributed by atoms with Crippen LogP contribution in [0.25, 0.3) is 121 Å². The Kier molecular flexibility index (Phi) is 8.61. The van der Waals surface area contributed by atoms with Gasteiger partial charge in [-0.25, -0.2) is 0 Å². The van der Waals surface area contributed by atoms with E-state index in [0.29, 0.717) is 0 Å². The van der Waals surface area contributed by atoms with Crippen LogP contribution in [0.5, 0.6) is 0 Å². The minimum atomic E-state index is 1.22. The van der Waals surface area contributed by atoms with E-state index < -0.39 is 0 Å². The zero-order valence-corrected chi connectivity index (χ0v) is 34.1. The largest absolute Gasteiger partial charge is 0.0622 e. The van der Waals surface area contributed by atoms with Gasteiger partial charge in [0, 0.05) is 0 Å². The van der Waals surface area contributed by atoms with E-state index in [1.54, 1.807) is 0 Å². The maximum Gasteiger partial charge on any atom is -0.00201 e. The Hall–Kier alpha value is -8.06. The summed E-state index contributed by atoms with van der Waals surface area (Å²) in [4.78, 5) is 0. The van der Waals surface area contributed by atoms with Gasteiger partial charge in [0.05, 0.1) is 0 Å². The van der Waals surface area contributed by atoms with E-state index in [-0.39, 0.29) is 0 Å². The number of rotatable bonds is 6. The SMILES string of the molecule is c1ccc(-c2ccccc2-c2c3ccccc3c(-c3ccc4ccc(-c5c6ccccc6c(-c6ccccc6-c6ccccc6)c6ccccc56)cc4c3)c3ccccc23)cc1. The lowest BCUT2D eigenvalue weighted by molar-refractivity contribution is 1.60. The number of hydrogen-bond acceptors (Lipinski definition) is 0. The predicted octanol–water partition coefficient (Wildman–Crippen LogP) is 17.5. The third-order valence-corrected chi connectivity index (χ3v) is 12.8. The van der Waals surface area contributed by atoms with Gasteiger partial charge >= 0.3 is 0 Å². The van der Waals surface area contributed by atoms with Gasteiger partial charge in [-0.2, -0.15) is 0 Å². The van der Waals surface area contributed by atoms with Gasteiger partial charge in [-0.05, 0) is 133 Å². The van der Waals surface area contributed by atoms with Gasteiger partial charge in [-0.1, -0.05) is 231 Å². The van der Waals surface area contributed by atoms with Crippen LogP contribution in [0.3, 0.4) is 0 Å². The molecule has 12 aromatic rings. The Morgan fingerprint density at radius 2 is 0.435 bits per heavy atom. The molecular weight excluding hydrogens is 745 g/mol. The van der Waals surface area contributed by atoms with Crippen molar-refractivity contribution in [1.82, 2.24) is 0 Å². The molecule has 0 saturated heterocycles. The summed E-state index contributed by atoms with van der Waals surface area (Å²) in [6.45, 7) is 0. The molecule has 0 aliphatic heterocycles. The van der Waals surface area contributed by atoms with E-state index in [4.69, 9.17) is 0 Å². The van der Waals surface area contributed by atoms with Crippen molar-refractivity contribution in [3.05, 3.63) is 243 Å². The van der Waals surface area contributed by atoms with Crippen molar-refractivity contribution in [1.29, 1.82) is 0 Å². The fraction of sp³-hybridized carbons (Fsp3) is 0. The minimum absolute atomic E-state index is 1.22. The van der Waals surface area contributed by atoms with E-state index in [2.05, 4.69) is 243 Å².